The summed E-state index contributed by atoms with van der Waals surface area (Å²) in [7, 11) is -0.682. The Morgan fingerprint density at radius 3 is 2.55 bits per heavy atom. The molecule has 8 heteroatoms. The maximum atomic E-state index is 12.2. The smallest absolute Gasteiger partial charge is 0.301 e. The van der Waals surface area contributed by atoms with Crippen molar-refractivity contribution < 1.29 is 13.2 Å². The lowest BCUT2D eigenvalue weighted by Crippen LogP contribution is -2.29. The molecule has 0 radical (unpaired) electrons. The average molecular weight is 326 g/mol. The van der Waals surface area contributed by atoms with Crippen LogP contribution in [0.15, 0.2) is 24.3 Å². The van der Waals surface area contributed by atoms with Crippen LogP contribution < -0.4 is 15.8 Å². The summed E-state index contributed by atoms with van der Waals surface area (Å²) < 4.78 is 27.1. The lowest BCUT2D eigenvalue weighted by Gasteiger charge is -2.15. The van der Waals surface area contributed by atoms with Crippen LogP contribution in [0.25, 0.3) is 0 Å². The Morgan fingerprint density at radius 1 is 1.27 bits per heavy atom. The van der Waals surface area contributed by atoms with Crippen LogP contribution in [-0.2, 0) is 15.0 Å². The third-order valence-electron chi connectivity index (χ3n) is 3.70. The second-order valence-corrected chi connectivity index (χ2v) is 7.61. The van der Waals surface area contributed by atoms with E-state index in [2.05, 4.69) is 10.0 Å². The number of carbonyl (C=O) groups is 1. The molecule has 0 heterocycles. The molecule has 0 aliphatic heterocycles. The minimum Gasteiger partial charge on any atom is -0.328 e. The van der Waals surface area contributed by atoms with Crippen LogP contribution in [0.1, 0.15) is 19.3 Å². The Labute approximate surface area is 131 Å². The van der Waals surface area contributed by atoms with Crippen molar-refractivity contribution >= 4 is 27.5 Å². The highest BCUT2D eigenvalue weighted by Gasteiger charge is 2.27. The molecule has 0 bridgehead atoms. The molecule has 1 aliphatic rings. The molecule has 122 valence electrons. The topological polar surface area (TPSA) is 105 Å². The fourth-order valence-corrected chi connectivity index (χ4v) is 3.01. The number of nitrogens with zero attached hydrogens (tertiary/aromatic N) is 1. The van der Waals surface area contributed by atoms with Gasteiger partial charge in [-0.25, -0.2) is 0 Å². The van der Waals surface area contributed by atoms with E-state index in [1.165, 1.54) is 14.1 Å². The molecule has 4 N–H and O–H groups in total. The molecule has 1 saturated carbocycles. The Morgan fingerprint density at radius 2 is 1.95 bits per heavy atom. The van der Waals surface area contributed by atoms with Crippen molar-refractivity contribution in [1.29, 1.82) is 0 Å². The van der Waals surface area contributed by atoms with Gasteiger partial charge in [0.2, 0.25) is 5.91 Å². The second-order valence-electron chi connectivity index (χ2n) is 5.73. The maximum Gasteiger partial charge on any atom is 0.301 e. The zero-order chi connectivity index (χ0) is 16.3. The first-order valence-corrected chi connectivity index (χ1v) is 8.59. The summed E-state index contributed by atoms with van der Waals surface area (Å²) >= 11 is 0. The summed E-state index contributed by atoms with van der Waals surface area (Å²) in [5.41, 5.74) is 6.77. The fourth-order valence-electron chi connectivity index (χ4n) is 2.40. The molecule has 1 amide bonds. The van der Waals surface area contributed by atoms with Crippen LogP contribution in [0, 0.1) is 5.92 Å². The molecule has 1 aromatic rings. The average Bonchev–Trinajstić information content (AvgIpc) is 2.85. The van der Waals surface area contributed by atoms with Crippen molar-refractivity contribution in [3.8, 4) is 0 Å². The highest BCUT2D eigenvalue weighted by Crippen LogP contribution is 2.26. The number of benzene rings is 1. The summed E-state index contributed by atoms with van der Waals surface area (Å²) in [5, 5.41) is 2.82. The molecule has 0 aromatic heterocycles. The van der Waals surface area contributed by atoms with Crippen LogP contribution in [0.3, 0.4) is 0 Å². The van der Waals surface area contributed by atoms with Gasteiger partial charge in [0, 0.05) is 31.7 Å². The Hall–Kier alpha value is -1.64. The molecule has 22 heavy (non-hydrogen) atoms. The van der Waals surface area contributed by atoms with E-state index in [0.717, 1.165) is 17.1 Å². The van der Waals surface area contributed by atoms with Gasteiger partial charge in [-0.05, 0) is 37.5 Å². The first-order chi connectivity index (χ1) is 10.3. The van der Waals surface area contributed by atoms with E-state index in [4.69, 9.17) is 5.73 Å². The Kier molecular flexibility index (Phi) is 5.05. The number of rotatable bonds is 5. The normalized spacial score (nSPS) is 21.8. The molecule has 1 aliphatic carbocycles. The standard InChI is InChI=1S/C14H22N4O3S/c1-18(2)22(20,21)17-13-5-3-4-12(9-13)16-14(19)10-6-7-11(15)8-10/h3-5,9-11,17H,6-8,15H2,1-2H3,(H,16,19)/t10-,11+/m0/s1. The molecule has 0 saturated heterocycles. The quantitative estimate of drug-likeness (QED) is 0.750. The van der Waals surface area contributed by atoms with Gasteiger partial charge in [-0.2, -0.15) is 12.7 Å². The molecular weight excluding hydrogens is 304 g/mol. The van der Waals surface area contributed by atoms with E-state index in [1.54, 1.807) is 24.3 Å². The van der Waals surface area contributed by atoms with Gasteiger partial charge in [-0.15, -0.1) is 0 Å². The molecule has 1 aromatic carbocycles. The van der Waals surface area contributed by atoms with E-state index >= 15 is 0 Å². The molecule has 1 fully saturated rings. The van der Waals surface area contributed by atoms with Crippen molar-refractivity contribution in [3.05, 3.63) is 24.3 Å². The maximum absolute atomic E-state index is 12.2. The van der Waals surface area contributed by atoms with Crippen LogP contribution in [0.4, 0.5) is 11.4 Å². The third-order valence-corrected chi connectivity index (χ3v) is 5.16. The van der Waals surface area contributed by atoms with Gasteiger partial charge in [0.1, 0.15) is 0 Å². The summed E-state index contributed by atoms with van der Waals surface area (Å²) in [6, 6.07) is 6.72. The zero-order valence-corrected chi connectivity index (χ0v) is 13.6. The van der Waals surface area contributed by atoms with E-state index in [9.17, 15) is 13.2 Å². The van der Waals surface area contributed by atoms with Gasteiger partial charge >= 0.3 is 10.2 Å². The Bertz CT molecular complexity index is 645. The van der Waals surface area contributed by atoms with Crippen LogP contribution in [-0.4, -0.2) is 38.8 Å². The second kappa shape index (κ2) is 6.64. The molecule has 0 spiro atoms. The number of amides is 1. The van der Waals surface area contributed by atoms with Crippen LogP contribution in [0.5, 0.6) is 0 Å². The predicted molar refractivity (Wildman–Crippen MR) is 86.6 cm³/mol. The van der Waals surface area contributed by atoms with Crippen molar-refractivity contribution in [2.75, 3.05) is 24.1 Å². The third kappa shape index (κ3) is 4.19. The Balaban J connectivity index is 2.04. The minimum absolute atomic E-state index is 0.0689. The summed E-state index contributed by atoms with van der Waals surface area (Å²) in [6.45, 7) is 0. The molecule has 7 nitrogen and oxygen atoms in total. The SMILES string of the molecule is CN(C)S(=O)(=O)Nc1cccc(NC(=O)[C@H]2CC[C@@H](N)C2)c1. The summed E-state index contributed by atoms with van der Waals surface area (Å²) in [6.07, 6.45) is 2.35. The van der Waals surface area contributed by atoms with Gasteiger partial charge in [0.25, 0.3) is 0 Å². The van der Waals surface area contributed by atoms with Crippen LogP contribution in [0.2, 0.25) is 0 Å². The number of hydrogen-bond donors (Lipinski definition) is 3. The van der Waals surface area contributed by atoms with E-state index in [0.29, 0.717) is 17.8 Å². The number of carbonyl (C=O) groups excluding carboxylic acids is 1. The summed E-state index contributed by atoms with van der Waals surface area (Å²) in [4.78, 5) is 12.2. The van der Waals surface area contributed by atoms with Gasteiger partial charge in [0.05, 0.1) is 5.69 Å². The number of hydrogen-bond acceptors (Lipinski definition) is 4. The van der Waals surface area contributed by atoms with Gasteiger partial charge in [-0.3, -0.25) is 9.52 Å². The first-order valence-electron chi connectivity index (χ1n) is 7.14. The minimum atomic E-state index is -3.57. The van der Waals surface area contributed by atoms with Crippen molar-refractivity contribution in [3.63, 3.8) is 0 Å². The van der Waals surface area contributed by atoms with E-state index < -0.39 is 10.2 Å². The van der Waals surface area contributed by atoms with E-state index in [-0.39, 0.29) is 17.9 Å². The van der Waals surface area contributed by atoms with Gasteiger partial charge < -0.3 is 11.1 Å². The zero-order valence-electron chi connectivity index (χ0n) is 12.7. The van der Waals surface area contributed by atoms with Gasteiger partial charge in [0.15, 0.2) is 0 Å². The summed E-state index contributed by atoms with van der Waals surface area (Å²) in [5.74, 6) is -0.141. The fraction of sp³-hybridized carbons (Fsp3) is 0.500. The van der Waals surface area contributed by atoms with Crippen molar-refractivity contribution in [2.45, 2.75) is 25.3 Å². The molecular formula is C14H22N4O3S. The highest BCUT2D eigenvalue weighted by atomic mass is 32.2. The van der Waals surface area contributed by atoms with Crippen LogP contribution >= 0.6 is 0 Å². The van der Waals surface area contributed by atoms with Crippen molar-refractivity contribution in [1.82, 2.24) is 4.31 Å². The highest BCUT2D eigenvalue weighted by molar-refractivity contribution is 7.90. The predicted octanol–water partition coefficient (Wildman–Crippen LogP) is 0.971. The lowest BCUT2D eigenvalue weighted by atomic mass is 10.1. The van der Waals surface area contributed by atoms with Gasteiger partial charge in [-0.1, -0.05) is 6.07 Å². The van der Waals surface area contributed by atoms with E-state index in [1.807, 2.05) is 0 Å². The molecule has 2 rings (SSSR count). The number of nitrogens with two attached hydrogens (primary N) is 1. The monoisotopic (exact) mass is 326 g/mol. The number of nitrogens with one attached hydrogen (secondary N) is 2. The van der Waals surface area contributed by atoms with Crippen molar-refractivity contribution in [2.24, 2.45) is 11.7 Å². The lowest BCUT2D eigenvalue weighted by molar-refractivity contribution is -0.119. The first kappa shape index (κ1) is 16.7. The number of anilines is 2. The molecule has 2 atom stereocenters. The molecule has 0 unspecified atom stereocenters. The largest absolute Gasteiger partial charge is 0.328 e.